The van der Waals surface area contributed by atoms with Gasteiger partial charge in [0.2, 0.25) is 0 Å². The van der Waals surface area contributed by atoms with Crippen LogP contribution < -0.4 is 0 Å². The Hall–Kier alpha value is -0.820. The van der Waals surface area contributed by atoms with Gasteiger partial charge in [-0.15, -0.1) is 0 Å². The largest absolute Gasteiger partial charge is 0.379 e. The van der Waals surface area contributed by atoms with E-state index in [0.717, 1.165) is 26.2 Å². The molecule has 0 amide bonds. The summed E-state index contributed by atoms with van der Waals surface area (Å²) in [5.74, 6) is 0.0296. The molecule has 0 N–H and O–H groups in total. The van der Waals surface area contributed by atoms with E-state index in [9.17, 15) is 9.59 Å². The number of ketones is 2. The van der Waals surface area contributed by atoms with Crippen LogP contribution in [0.4, 0.5) is 0 Å². The molecule has 4 aliphatic rings. The van der Waals surface area contributed by atoms with Crippen molar-refractivity contribution in [3.8, 4) is 0 Å². The summed E-state index contributed by atoms with van der Waals surface area (Å²) in [4.78, 5) is 31.3. The molecule has 4 atom stereocenters. The van der Waals surface area contributed by atoms with Crippen molar-refractivity contribution < 1.29 is 19.1 Å². The molecule has 0 aromatic rings. The molecule has 6 nitrogen and oxygen atoms in total. The molecule has 2 saturated heterocycles. The zero-order valence-electron chi connectivity index (χ0n) is 15.8. The van der Waals surface area contributed by atoms with E-state index in [2.05, 4.69) is 23.6 Å². The van der Waals surface area contributed by atoms with Crippen LogP contribution in [-0.4, -0.2) is 85.1 Å². The molecule has 140 valence electrons. The SMILES string of the molecule is CC1C(=O)C2(C(=O)C(C)C2(C)N2CCOCC2)C1(C)N1CCOCC1. The standard InChI is InChI=1S/C19H30N2O4/c1-13-15(22)19(17(13,3)20-5-9-24-10-6-20)16(23)14(2)18(19,4)21-7-11-25-12-8-21/h13-14H,5-12H2,1-4H3. The average molecular weight is 350 g/mol. The van der Waals surface area contributed by atoms with Gasteiger partial charge in [0, 0.05) is 49.1 Å². The molecule has 0 aromatic carbocycles. The normalized spacial score (nSPS) is 49.1. The van der Waals surface area contributed by atoms with Crippen LogP contribution in [0.5, 0.6) is 0 Å². The van der Waals surface area contributed by atoms with Crippen LogP contribution in [-0.2, 0) is 19.1 Å². The first kappa shape index (κ1) is 17.6. The molecule has 4 fully saturated rings. The van der Waals surface area contributed by atoms with Gasteiger partial charge in [0.15, 0.2) is 11.6 Å². The Bertz CT molecular complexity index is 544. The van der Waals surface area contributed by atoms with Crippen LogP contribution >= 0.6 is 0 Å². The van der Waals surface area contributed by atoms with Crippen molar-refractivity contribution >= 4 is 11.6 Å². The van der Waals surface area contributed by atoms with Crippen LogP contribution in [0, 0.1) is 17.3 Å². The summed E-state index contributed by atoms with van der Waals surface area (Å²) in [6.45, 7) is 14.1. The number of Topliss-reactive ketones (excluding diaryl/α,β-unsaturated/α-hetero) is 2. The van der Waals surface area contributed by atoms with Crippen molar-refractivity contribution in [1.29, 1.82) is 0 Å². The van der Waals surface area contributed by atoms with E-state index in [-0.39, 0.29) is 23.4 Å². The first-order chi connectivity index (χ1) is 11.8. The average Bonchev–Trinajstić information content (AvgIpc) is 2.68. The summed E-state index contributed by atoms with van der Waals surface area (Å²) in [5.41, 5.74) is -1.76. The van der Waals surface area contributed by atoms with Gasteiger partial charge in [0.05, 0.1) is 26.4 Å². The fourth-order valence-electron chi connectivity index (χ4n) is 6.36. The summed E-state index contributed by atoms with van der Waals surface area (Å²) in [5, 5.41) is 0. The molecule has 0 radical (unpaired) electrons. The van der Waals surface area contributed by atoms with Crippen molar-refractivity contribution in [1.82, 2.24) is 9.80 Å². The van der Waals surface area contributed by atoms with Crippen LogP contribution in [0.2, 0.25) is 0 Å². The lowest BCUT2D eigenvalue weighted by atomic mass is 9.30. The maximum atomic E-state index is 13.3. The summed E-state index contributed by atoms with van der Waals surface area (Å²) in [7, 11) is 0. The summed E-state index contributed by atoms with van der Waals surface area (Å²) in [6, 6.07) is 0. The lowest BCUT2D eigenvalue weighted by Crippen LogP contribution is -2.95. The molecule has 2 saturated carbocycles. The molecule has 6 heteroatoms. The molecule has 0 bridgehead atoms. The second kappa shape index (κ2) is 5.59. The highest BCUT2D eigenvalue weighted by atomic mass is 16.5. The number of ether oxygens (including phenoxy) is 2. The van der Waals surface area contributed by atoms with E-state index in [1.807, 2.05) is 13.8 Å². The third kappa shape index (κ3) is 1.75. The van der Waals surface area contributed by atoms with Crippen molar-refractivity contribution in [2.24, 2.45) is 17.3 Å². The lowest BCUT2D eigenvalue weighted by molar-refractivity contribution is -0.254. The predicted molar refractivity (Wildman–Crippen MR) is 92.4 cm³/mol. The van der Waals surface area contributed by atoms with Gasteiger partial charge in [0.25, 0.3) is 0 Å². The number of morpholine rings is 2. The Morgan fingerprint density at radius 1 is 0.760 bits per heavy atom. The molecule has 2 heterocycles. The third-order valence-corrected chi connectivity index (χ3v) is 8.07. The van der Waals surface area contributed by atoms with E-state index in [1.54, 1.807) is 0 Å². The first-order valence-electron chi connectivity index (χ1n) is 9.58. The van der Waals surface area contributed by atoms with Gasteiger partial charge in [-0.1, -0.05) is 13.8 Å². The molecule has 2 aliphatic heterocycles. The van der Waals surface area contributed by atoms with Crippen molar-refractivity contribution in [3.05, 3.63) is 0 Å². The van der Waals surface area contributed by atoms with E-state index < -0.39 is 16.5 Å². The minimum atomic E-state index is -0.909. The zero-order valence-corrected chi connectivity index (χ0v) is 15.8. The number of hydrogen-bond donors (Lipinski definition) is 0. The maximum Gasteiger partial charge on any atom is 0.154 e. The third-order valence-electron chi connectivity index (χ3n) is 8.07. The van der Waals surface area contributed by atoms with Gasteiger partial charge in [-0.2, -0.15) is 0 Å². The Morgan fingerprint density at radius 3 is 1.40 bits per heavy atom. The quantitative estimate of drug-likeness (QED) is 0.680. The number of carbonyl (C=O) groups excluding carboxylic acids is 2. The Morgan fingerprint density at radius 2 is 1.08 bits per heavy atom. The van der Waals surface area contributed by atoms with Gasteiger partial charge >= 0.3 is 0 Å². The predicted octanol–water partition coefficient (Wildman–Crippen LogP) is 0.592. The Kier molecular flexibility index (Phi) is 3.93. The van der Waals surface area contributed by atoms with E-state index in [0.29, 0.717) is 26.4 Å². The highest BCUT2D eigenvalue weighted by Gasteiger charge is 2.87. The highest BCUT2D eigenvalue weighted by Crippen LogP contribution is 2.70. The minimum absolute atomic E-state index is 0.123. The fourth-order valence-corrected chi connectivity index (χ4v) is 6.36. The topological polar surface area (TPSA) is 59.1 Å². The number of rotatable bonds is 2. The monoisotopic (exact) mass is 350 g/mol. The van der Waals surface area contributed by atoms with Gasteiger partial charge in [-0.3, -0.25) is 19.4 Å². The van der Waals surface area contributed by atoms with Gasteiger partial charge in [-0.25, -0.2) is 0 Å². The molecule has 0 aromatic heterocycles. The summed E-state index contributed by atoms with van der Waals surface area (Å²) >= 11 is 0. The smallest absolute Gasteiger partial charge is 0.154 e. The molecular formula is C19H30N2O4. The van der Waals surface area contributed by atoms with E-state index >= 15 is 0 Å². The van der Waals surface area contributed by atoms with E-state index in [4.69, 9.17) is 9.47 Å². The molecule has 4 unspecified atom stereocenters. The van der Waals surface area contributed by atoms with Crippen LogP contribution in [0.3, 0.4) is 0 Å². The van der Waals surface area contributed by atoms with E-state index in [1.165, 1.54) is 0 Å². The number of hydrogen-bond acceptors (Lipinski definition) is 6. The summed E-state index contributed by atoms with van der Waals surface area (Å²) < 4.78 is 11.0. The Balaban J connectivity index is 1.78. The number of nitrogens with zero attached hydrogens (tertiary/aromatic N) is 2. The van der Waals surface area contributed by atoms with Crippen molar-refractivity contribution in [2.45, 2.75) is 38.8 Å². The second-order valence-corrected chi connectivity index (χ2v) is 8.42. The van der Waals surface area contributed by atoms with Gasteiger partial charge < -0.3 is 9.47 Å². The molecular weight excluding hydrogens is 320 g/mol. The molecule has 4 rings (SSSR count). The lowest BCUT2D eigenvalue weighted by Gasteiger charge is -2.77. The second-order valence-electron chi connectivity index (χ2n) is 8.42. The molecule has 1 spiro atoms. The number of carbonyl (C=O) groups is 2. The minimum Gasteiger partial charge on any atom is -0.379 e. The van der Waals surface area contributed by atoms with Crippen molar-refractivity contribution in [2.75, 3.05) is 52.6 Å². The molecule has 25 heavy (non-hydrogen) atoms. The van der Waals surface area contributed by atoms with Crippen molar-refractivity contribution in [3.63, 3.8) is 0 Å². The highest BCUT2D eigenvalue weighted by molar-refractivity contribution is 6.22. The van der Waals surface area contributed by atoms with Crippen LogP contribution in [0.25, 0.3) is 0 Å². The summed E-state index contributed by atoms with van der Waals surface area (Å²) in [6.07, 6.45) is 0. The van der Waals surface area contributed by atoms with Crippen LogP contribution in [0.15, 0.2) is 0 Å². The van der Waals surface area contributed by atoms with Gasteiger partial charge in [-0.05, 0) is 13.8 Å². The maximum absolute atomic E-state index is 13.3. The van der Waals surface area contributed by atoms with Crippen LogP contribution in [0.1, 0.15) is 27.7 Å². The zero-order chi connectivity index (χ0) is 18.0. The van der Waals surface area contributed by atoms with Gasteiger partial charge in [0.1, 0.15) is 5.41 Å². The Labute approximate surface area is 149 Å². The fraction of sp³-hybridized carbons (Fsp3) is 0.895. The molecule has 2 aliphatic carbocycles. The first-order valence-corrected chi connectivity index (χ1v) is 9.58.